The highest BCUT2D eigenvalue weighted by atomic mass is 16.5. The van der Waals surface area contributed by atoms with Gasteiger partial charge in [0.1, 0.15) is 11.4 Å². The predicted octanol–water partition coefficient (Wildman–Crippen LogP) is 3.70. The fraction of sp³-hybridized carbons (Fsp3) is 0.696. The van der Waals surface area contributed by atoms with Crippen LogP contribution in [0.2, 0.25) is 0 Å². The summed E-state index contributed by atoms with van der Waals surface area (Å²) in [5.41, 5.74) is 2.60. The molecule has 0 atom stereocenters. The largest absolute Gasteiger partial charge is 0.487 e. The molecule has 0 radical (unpaired) electrons. The fourth-order valence-electron chi connectivity index (χ4n) is 5.49. The molecule has 0 aromatic heterocycles. The zero-order valence-corrected chi connectivity index (χ0v) is 16.7. The van der Waals surface area contributed by atoms with Crippen LogP contribution in [0, 0.1) is 5.92 Å². The number of ether oxygens (including phenoxy) is 1. The Labute approximate surface area is 167 Å². The van der Waals surface area contributed by atoms with E-state index in [0.29, 0.717) is 0 Å². The quantitative estimate of drug-likeness (QED) is 0.861. The van der Waals surface area contributed by atoms with E-state index in [0.717, 1.165) is 63.4 Å². The summed E-state index contributed by atoms with van der Waals surface area (Å²) in [6.45, 7) is 4.04. The first-order valence-corrected chi connectivity index (χ1v) is 11.2. The molecule has 3 fully saturated rings. The Balaban J connectivity index is 1.22. The van der Waals surface area contributed by atoms with Gasteiger partial charge >= 0.3 is 5.97 Å². The summed E-state index contributed by atoms with van der Waals surface area (Å²) in [5, 5.41) is 9.20. The Morgan fingerprint density at radius 2 is 1.79 bits per heavy atom. The van der Waals surface area contributed by atoms with Crippen molar-refractivity contribution in [3.8, 4) is 5.75 Å². The van der Waals surface area contributed by atoms with Crippen molar-refractivity contribution in [1.29, 1.82) is 0 Å². The van der Waals surface area contributed by atoms with Crippen molar-refractivity contribution in [2.45, 2.75) is 69.4 Å². The van der Waals surface area contributed by atoms with Crippen LogP contribution in [-0.2, 0) is 11.2 Å². The van der Waals surface area contributed by atoms with Crippen molar-refractivity contribution in [3.63, 3.8) is 0 Å². The topological polar surface area (TPSA) is 53.0 Å². The minimum atomic E-state index is -0.646. The molecule has 0 bridgehead atoms. The van der Waals surface area contributed by atoms with E-state index in [1.165, 1.54) is 43.6 Å². The van der Waals surface area contributed by atoms with Crippen LogP contribution in [-0.4, -0.2) is 53.8 Å². The van der Waals surface area contributed by atoms with Gasteiger partial charge in [-0.2, -0.15) is 0 Å². The lowest BCUT2D eigenvalue weighted by Gasteiger charge is -2.48. The lowest BCUT2D eigenvalue weighted by molar-refractivity contribution is -0.142. The number of piperidine rings is 2. The maximum atomic E-state index is 11.2. The van der Waals surface area contributed by atoms with Gasteiger partial charge in [-0.05, 0) is 75.1 Å². The van der Waals surface area contributed by atoms with Gasteiger partial charge in [0.05, 0.1) is 5.92 Å². The van der Waals surface area contributed by atoms with Gasteiger partial charge in [0.25, 0.3) is 0 Å². The number of benzene rings is 1. The number of hydrogen-bond donors (Lipinski definition) is 1. The lowest BCUT2D eigenvalue weighted by atomic mass is 9.81. The highest BCUT2D eigenvalue weighted by Gasteiger charge is 2.41. The number of carboxylic acid groups (broad SMARTS) is 1. The molecule has 5 heteroatoms. The fourth-order valence-corrected chi connectivity index (χ4v) is 5.49. The molecule has 3 aliphatic heterocycles. The van der Waals surface area contributed by atoms with Crippen LogP contribution in [0.1, 0.15) is 56.9 Å². The molecule has 1 aromatic carbocycles. The standard InChI is InChI=1S/C23H32N2O3/c26-22(27)17-7-12-24(13-8-17)20-4-5-21-18(16-20)6-9-23(28-21)10-14-25(15-11-23)19-2-1-3-19/h4-5,16-17,19H,1-3,6-15H2,(H,26,27). The smallest absolute Gasteiger partial charge is 0.306 e. The number of nitrogens with zero attached hydrogens (tertiary/aromatic N) is 2. The maximum absolute atomic E-state index is 11.2. The number of aryl methyl sites for hydroxylation is 1. The number of rotatable bonds is 3. The molecule has 5 nitrogen and oxygen atoms in total. The van der Waals surface area contributed by atoms with Gasteiger partial charge in [-0.15, -0.1) is 0 Å². The molecule has 0 unspecified atom stereocenters. The van der Waals surface area contributed by atoms with Gasteiger partial charge in [0.15, 0.2) is 0 Å². The first-order valence-electron chi connectivity index (χ1n) is 11.2. The second kappa shape index (κ2) is 7.25. The molecular formula is C23H32N2O3. The van der Waals surface area contributed by atoms with Crippen molar-refractivity contribution >= 4 is 11.7 Å². The molecule has 5 rings (SSSR count). The summed E-state index contributed by atoms with van der Waals surface area (Å²) < 4.78 is 6.61. The van der Waals surface area contributed by atoms with Gasteiger partial charge in [-0.3, -0.25) is 4.79 Å². The van der Waals surface area contributed by atoms with Crippen LogP contribution in [0.5, 0.6) is 5.75 Å². The highest BCUT2D eigenvalue weighted by Crippen LogP contribution is 2.42. The molecule has 4 aliphatic rings. The van der Waals surface area contributed by atoms with Crippen LogP contribution in [0.3, 0.4) is 0 Å². The van der Waals surface area contributed by atoms with Gasteiger partial charge < -0.3 is 19.6 Å². The average Bonchev–Trinajstić information content (AvgIpc) is 2.68. The van der Waals surface area contributed by atoms with Crippen molar-refractivity contribution in [3.05, 3.63) is 23.8 Å². The van der Waals surface area contributed by atoms with Crippen LogP contribution < -0.4 is 9.64 Å². The molecule has 1 N–H and O–H groups in total. The summed E-state index contributed by atoms with van der Waals surface area (Å²) in [4.78, 5) is 16.2. The maximum Gasteiger partial charge on any atom is 0.306 e. The first kappa shape index (κ1) is 18.3. The van der Waals surface area contributed by atoms with Gasteiger partial charge in [0.2, 0.25) is 0 Å². The Morgan fingerprint density at radius 1 is 1.04 bits per heavy atom. The number of hydrogen-bond acceptors (Lipinski definition) is 4. The van der Waals surface area contributed by atoms with Crippen molar-refractivity contribution < 1.29 is 14.6 Å². The summed E-state index contributed by atoms with van der Waals surface area (Å²) in [6, 6.07) is 7.46. The third kappa shape index (κ3) is 3.38. The minimum absolute atomic E-state index is 0.0502. The van der Waals surface area contributed by atoms with E-state index >= 15 is 0 Å². The van der Waals surface area contributed by atoms with E-state index in [9.17, 15) is 9.90 Å². The van der Waals surface area contributed by atoms with Crippen LogP contribution in [0.15, 0.2) is 18.2 Å². The Kier molecular flexibility index (Phi) is 4.74. The molecule has 0 amide bonds. The molecular weight excluding hydrogens is 352 g/mol. The lowest BCUT2D eigenvalue weighted by Crippen LogP contribution is -2.53. The third-order valence-corrected chi connectivity index (χ3v) is 7.73. The second-order valence-corrected chi connectivity index (χ2v) is 9.30. The van der Waals surface area contributed by atoms with E-state index in [2.05, 4.69) is 28.0 Å². The number of fused-ring (bicyclic) bond motifs is 1. The summed E-state index contributed by atoms with van der Waals surface area (Å²) in [6.07, 6.45) is 10.2. The molecule has 1 aromatic rings. The molecule has 28 heavy (non-hydrogen) atoms. The van der Waals surface area contributed by atoms with E-state index in [1.54, 1.807) is 0 Å². The molecule has 1 spiro atoms. The first-order chi connectivity index (χ1) is 13.6. The number of carbonyl (C=O) groups is 1. The van der Waals surface area contributed by atoms with Crippen molar-refractivity contribution in [1.82, 2.24) is 4.90 Å². The Morgan fingerprint density at radius 3 is 2.43 bits per heavy atom. The van der Waals surface area contributed by atoms with Crippen LogP contribution in [0.25, 0.3) is 0 Å². The second-order valence-electron chi connectivity index (χ2n) is 9.30. The summed E-state index contributed by atoms with van der Waals surface area (Å²) >= 11 is 0. The van der Waals surface area contributed by atoms with Crippen LogP contribution >= 0.6 is 0 Å². The normalized spacial score (nSPS) is 25.8. The highest BCUT2D eigenvalue weighted by molar-refractivity contribution is 5.70. The number of carboxylic acids is 1. The third-order valence-electron chi connectivity index (χ3n) is 7.73. The SMILES string of the molecule is O=C(O)C1CCN(c2ccc3c(c2)CCC2(CCN(C4CCC4)CC2)O3)CC1. The van der Waals surface area contributed by atoms with E-state index < -0.39 is 5.97 Å². The van der Waals surface area contributed by atoms with Crippen molar-refractivity contribution in [2.24, 2.45) is 5.92 Å². The monoisotopic (exact) mass is 384 g/mol. The van der Waals surface area contributed by atoms with Gasteiger partial charge in [-0.1, -0.05) is 6.42 Å². The number of aliphatic carboxylic acids is 1. The zero-order chi connectivity index (χ0) is 19.1. The van der Waals surface area contributed by atoms with Gasteiger partial charge in [0, 0.05) is 37.9 Å². The summed E-state index contributed by atoms with van der Waals surface area (Å²) in [7, 11) is 0. The molecule has 1 aliphatic carbocycles. The van der Waals surface area contributed by atoms with Gasteiger partial charge in [-0.25, -0.2) is 0 Å². The molecule has 2 saturated heterocycles. The van der Waals surface area contributed by atoms with E-state index in [1.807, 2.05) is 0 Å². The van der Waals surface area contributed by atoms with Crippen LogP contribution in [0.4, 0.5) is 5.69 Å². The summed E-state index contributed by atoms with van der Waals surface area (Å²) in [5.74, 6) is 0.252. The average molecular weight is 385 g/mol. The van der Waals surface area contributed by atoms with E-state index in [-0.39, 0.29) is 11.5 Å². The molecule has 152 valence electrons. The Bertz CT molecular complexity index is 729. The minimum Gasteiger partial charge on any atom is -0.487 e. The zero-order valence-electron chi connectivity index (χ0n) is 16.7. The van der Waals surface area contributed by atoms with E-state index in [4.69, 9.17) is 4.74 Å². The molecule has 3 heterocycles. The number of anilines is 1. The predicted molar refractivity (Wildman–Crippen MR) is 109 cm³/mol. The molecule has 1 saturated carbocycles. The Hall–Kier alpha value is -1.75. The number of likely N-dealkylation sites (tertiary alicyclic amines) is 1. The van der Waals surface area contributed by atoms with Crippen molar-refractivity contribution in [2.75, 3.05) is 31.1 Å².